The first-order valence-corrected chi connectivity index (χ1v) is 5.28. The van der Waals surface area contributed by atoms with Gasteiger partial charge in [0.05, 0.1) is 10.6 Å². The molecule has 2 rings (SSSR count). The van der Waals surface area contributed by atoms with Crippen molar-refractivity contribution in [1.82, 2.24) is 4.98 Å². The van der Waals surface area contributed by atoms with Crippen molar-refractivity contribution in [1.29, 1.82) is 0 Å². The Labute approximate surface area is 107 Å². The Morgan fingerprint density at radius 1 is 1.39 bits per heavy atom. The van der Waals surface area contributed by atoms with E-state index in [0.29, 0.717) is 11.4 Å². The molecule has 0 unspecified atom stereocenters. The van der Waals surface area contributed by atoms with Gasteiger partial charge in [-0.2, -0.15) is 0 Å². The highest BCUT2D eigenvalue weighted by atomic mass is 35.5. The summed E-state index contributed by atoms with van der Waals surface area (Å²) in [5.74, 6) is 0.554. The molecular formula is C11H8ClN3O3. The van der Waals surface area contributed by atoms with Gasteiger partial charge in [-0.3, -0.25) is 10.1 Å². The van der Waals surface area contributed by atoms with Gasteiger partial charge in [-0.15, -0.1) is 0 Å². The zero-order chi connectivity index (χ0) is 13.1. The number of nitro groups is 1. The van der Waals surface area contributed by atoms with E-state index in [0.717, 1.165) is 0 Å². The third-order valence-corrected chi connectivity index (χ3v) is 2.43. The molecule has 0 atom stereocenters. The average molecular weight is 266 g/mol. The van der Waals surface area contributed by atoms with Crippen molar-refractivity contribution in [3.8, 4) is 11.6 Å². The number of hydrogen-bond donors (Lipinski definition) is 1. The number of rotatable bonds is 3. The first kappa shape index (κ1) is 12.1. The minimum atomic E-state index is -0.568. The van der Waals surface area contributed by atoms with Crippen LogP contribution in [0, 0.1) is 10.1 Å². The van der Waals surface area contributed by atoms with Crippen LogP contribution in [0.4, 0.5) is 11.4 Å². The fourth-order valence-corrected chi connectivity index (χ4v) is 1.54. The van der Waals surface area contributed by atoms with Crippen LogP contribution >= 0.6 is 11.6 Å². The quantitative estimate of drug-likeness (QED) is 0.680. The molecule has 0 fully saturated rings. The predicted molar refractivity (Wildman–Crippen MR) is 66.8 cm³/mol. The predicted octanol–water partition coefficient (Wildman–Crippen LogP) is 3.02. The van der Waals surface area contributed by atoms with Gasteiger partial charge in [0.1, 0.15) is 10.8 Å². The van der Waals surface area contributed by atoms with Crippen LogP contribution in [0.1, 0.15) is 0 Å². The van der Waals surface area contributed by atoms with E-state index >= 15 is 0 Å². The number of nitrogen functional groups attached to an aromatic ring is 1. The Morgan fingerprint density at radius 2 is 2.17 bits per heavy atom. The second-order valence-corrected chi connectivity index (χ2v) is 3.78. The van der Waals surface area contributed by atoms with Crippen LogP contribution in [0.15, 0.2) is 36.5 Å². The van der Waals surface area contributed by atoms with Crippen LogP contribution < -0.4 is 10.5 Å². The lowest BCUT2D eigenvalue weighted by atomic mass is 10.3. The van der Waals surface area contributed by atoms with Crippen molar-refractivity contribution in [3.05, 3.63) is 51.7 Å². The number of ether oxygens (including phenoxy) is 1. The highest BCUT2D eigenvalue weighted by Gasteiger charge is 2.13. The monoisotopic (exact) mass is 265 g/mol. The lowest BCUT2D eigenvalue weighted by molar-refractivity contribution is -0.384. The van der Waals surface area contributed by atoms with Gasteiger partial charge < -0.3 is 10.5 Å². The van der Waals surface area contributed by atoms with Crippen molar-refractivity contribution in [2.24, 2.45) is 0 Å². The maximum absolute atomic E-state index is 10.6. The molecular weight excluding hydrogens is 258 g/mol. The number of nitro benzene ring substituents is 1. The molecule has 0 spiro atoms. The SMILES string of the molecule is Nc1cccnc1Oc1ccc([N+](=O)[O-])c(Cl)c1. The molecule has 0 aliphatic heterocycles. The van der Waals surface area contributed by atoms with E-state index in [1.807, 2.05) is 0 Å². The molecule has 92 valence electrons. The van der Waals surface area contributed by atoms with Gasteiger partial charge in [0.25, 0.3) is 5.69 Å². The highest BCUT2D eigenvalue weighted by molar-refractivity contribution is 6.32. The zero-order valence-corrected chi connectivity index (χ0v) is 9.79. The molecule has 1 aromatic heterocycles. The molecule has 0 aliphatic rings. The van der Waals surface area contributed by atoms with Gasteiger partial charge in [0, 0.05) is 18.3 Å². The molecule has 0 saturated carbocycles. The number of aromatic nitrogens is 1. The molecule has 0 saturated heterocycles. The molecule has 7 heteroatoms. The normalized spacial score (nSPS) is 10.1. The molecule has 0 amide bonds. The lowest BCUT2D eigenvalue weighted by Gasteiger charge is -2.06. The van der Waals surface area contributed by atoms with Crippen molar-refractivity contribution in [3.63, 3.8) is 0 Å². The van der Waals surface area contributed by atoms with Crippen molar-refractivity contribution in [2.45, 2.75) is 0 Å². The third kappa shape index (κ3) is 2.49. The highest BCUT2D eigenvalue weighted by Crippen LogP contribution is 2.31. The summed E-state index contributed by atoms with van der Waals surface area (Å²) in [5.41, 5.74) is 5.84. The summed E-state index contributed by atoms with van der Waals surface area (Å²) in [6, 6.07) is 7.34. The average Bonchev–Trinajstić information content (AvgIpc) is 2.32. The van der Waals surface area contributed by atoms with Crippen molar-refractivity contribution >= 4 is 23.0 Å². The number of anilines is 1. The second kappa shape index (κ2) is 4.89. The smallest absolute Gasteiger partial charge is 0.288 e. The molecule has 0 radical (unpaired) electrons. The maximum atomic E-state index is 10.6. The van der Waals surface area contributed by atoms with E-state index in [-0.39, 0.29) is 16.6 Å². The fraction of sp³-hybridized carbons (Fsp3) is 0. The number of nitrogens with zero attached hydrogens (tertiary/aromatic N) is 2. The van der Waals surface area contributed by atoms with Crippen LogP contribution in [0.5, 0.6) is 11.6 Å². The van der Waals surface area contributed by atoms with Crippen LogP contribution in [0.3, 0.4) is 0 Å². The fourth-order valence-electron chi connectivity index (χ4n) is 1.30. The summed E-state index contributed by atoms with van der Waals surface area (Å²) >= 11 is 5.76. The number of halogens is 1. The van der Waals surface area contributed by atoms with Crippen LogP contribution in [0.25, 0.3) is 0 Å². The topological polar surface area (TPSA) is 91.3 Å². The molecule has 2 aromatic rings. The number of hydrogen-bond acceptors (Lipinski definition) is 5. The third-order valence-electron chi connectivity index (χ3n) is 2.13. The number of nitrogens with two attached hydrogens (primary N) is 1. The van der Waals surface area contributed by atoms with Crippen molar-refractivity contribution < 1.29 is 9.66 Å². The molecule has 0 aliphatic carbocycles. The Kier molecular flexibility index (Phi) is 3.29. The summed E-state index contributed by atoms with van der Waals surface area (Å²) in [5, 5.41) is 10.6. The van der Waals surface area contributed by atoms with E-state index in [1.54, 1.807) is 12.1 Å². The summed E-state index contributed by atoms with van der Waals surface area (Å²) in [4.78, 5) is 14.0. The molecule has 6 nitrogen and oxygen atoms in total. The Hall–Kier alpha value is -2.34. The molecule has 2 N–H and O–H groups in total. The minimum absolute atomic E-state index is 0.00741. The first-order valence-electron chi connectivity index (χ1n) is 4.90. The van der Waals surface area contributed by atoms with Crippen molar-refractivity contribution in [2.75, 3.05) is 5.73 Å². The number of pyridine rings is 1. The standard InChI is InChI=1S/C11H8ClN3O3/c12-8-6-7(3-4-10(8)15(16)17)18-11-9(13)2-1-5-14-11/h1-6H,13H2. The summed E-state index contributed by atoms with van der Waals surface area (Å²) in [7, 11) is 0. The Morgan fingerprint density at radius 3 is 2.78 bits per heavy atom. The molecule has 1 aromatic carbocycles. The summed E-state index contributed by atoms with van der Waals surface area (Å²) in [6.45, 7) is 0. The maximum Gasteiger partial charge on any atom is 0.288 e. The minimum Gasteiger partial charge on any atom is -0.437 e. The van der Waals surface area contributed by atoms with Crippen LogP contribution in [-0.2, 0) is 0 Å². The van der Waals surface area contributed by atoms with Gasteiger partial charge in [-0.25, -0.2) is 4.98 Å². The lowest BCUT2D eigenvalue weighted by Crippen LogP contribution is -1.95. The Balaban J connectivity index is 2.29. The molecule has 18 heavy (non-hydrogen) atoms. The Bertz CT molecular complexity index is 604. The van der Waals surface area contributed by atoms with E-state index in [1.165, 1.54) is 24.4 Å². The van der Waals surface area contributed by atoms with Gasteiger partial charge in [-0.1, -0.05) is 11.6 Å². The summed E-state index contributed by atoms with van der Waals surface area (Å²) in [6.07, 6.45) is 1.53. The van der Waals surface area contributed by atoms with Gasteiger partial charge in [0.15, 0.2) is 0 Å². The molecule has 1 heterocycles. The van der Waals surface area contributed by atoms with E-state index < -0.39 is 4.92 Å². The number of benzene rings is 1. The second-order valence-electron chi connectivity index (χ2n) is 3.37. The largest absolute Gasteiger partial charge is 0.437 e. The zero-order valence-electron chi connectivity index (χ0n) is 9.04. The first-order chi connectivity index (χ1) is 8.58. The summed E-state index contributed by atoms with van der Waals surface area (Å²) < 4.78 is 5.38. The van der Waals surface area contributed by atoms with Gasteiger partial charge in [-0.05, 0) is 18.2 Å². The van der Waals surface area contributed by atoms with Crippen LogP contribution in [-0.4, -0.2) is 9.91 Å². The van der Waals surface area contributed by atoms with E-state index in [9.17, 15) is 10.1 Å². The molecule has 0 bridgehead atoms. The van der Waals surface area contributed by atoms with E-state index in [2.05, 4.69) is 4.98 Å². The van der Waals surface area contributed by atoms with Gasteiger partial charge >= 0.3 is 0 Å². The van der Waals surface area contributed by atoms with Gasteiger partial charge in [0.2, 0.25) is 5.88 Å². The van der Waals surface area contributed by atoms with Crippen LogP contribution in [0.2, 0.25) is 5.02 Å². The van der Waals surface area contributed by atoms with E-state index in [4.69, 9.17) is 22.1 Å².